The zero-order valence-corrected chi connectivity index (χ0v) is 21.9. The number of carbonyl (C=O) groups is 2. The lowest BCUT2D eigenvalue weighted by Crippen LogP contribution is -2.14. The summed E-state index contributed by atoms with van der Waals surface area (Å²) in [4.78, 5) is 41.1. The van der Waals surface area contributed by atoms with Gasteiger partial charge in [-0.25, -0.2) is 14.6 Å². The van der Waals surface area contributed by atoms with Gasteiger partial charge in [-0.3, -0.25) is 4.79 Å². The van der Waals surface area contributed by atoms with Gasteiger partial charge < -0.3 is 29.8 Å². The van der Waals surface area contributed by atoms with E-state index in [2.05, 4.69) is 25.3 Å². The highest BCUT2D eigenvalue weighted by Crippen LogP contribution is 2.21. The molecule has 0 amide bonds. The van der Waals surface area contributed by atoms with Crippen LogP contribution in [-0.2, 0) is 22.6 Å². The summed E-state index contributed by atoms with van der Waals surface area (Å²) < 4.78 is 14.5. The highest BCUT2D eigenvalue weighted by atomic mass is 16.5. The normalized spacial score (nSPS) is 9.92. The van der Waals surface area contributed by atoms with Gasteiger partial charge in [0, 0.05) is 37.6 Å². The summed E-state index contributed by atoms with van der Waals surface area (Å²) in [6.07, 6.45) is 2.79. The maximum absolute atomic E-state index is 11.7. The van der Waals surface area contributed by atoms with Gasteiger partial charge in [0.15, 0.2) is 0 Å². The van der Waals surface area contributed by atoms with Crippen LogP contribution in [0.3, 0.4) is 0 Å². The molecule has 0 spiro atoms. The third-order valence-corrected chi connectivity index (χ3v) is 5.47. The molecule has 0 aliphatic rings. The van der Waals surface area contributed by atoms with Gasteiger partial charge in [0.25, 0.3) is 0 Å². The van der Waals surface area contributed by atoms with Gasteiger partial charge in [-0.15, -0.1) is 0 Å². The standard InChI is InChI=1S/C15H16N2O3.C14H14N2O3/c1-19-14-8-13(12(10-17-14)15(18)20-2)16-9-11-6-4-3-5-7-11;1-19-14(18)11-9-16-13(17)7-12(11)15-8-10-5-3-2-4-6-10/h3-8,10H,9H2,1-2H3,(H,16,17);2-7,9H,8H2,1H3,(H2,15,16,17). The third kappa shape index (κ3) is 8.46. The van der Waals surface area contributed by atoms with Crippen LogP contribution in [0.25, 0.3) is 0 Å². The Hall–Kier alpha value is -5.12. The van der Waals surface area contributed by atoms with Crippen molar-refractivity contribution in [3.05, 3.63) is 118 Å². The Bertz CT molecular complexity index is 1420. The lowest BCUT2D eigenvalue weighted by Gasteiger charge is -2.11. The molecular weight excluding hydrogens is 500 g/mol. The molecule has 39 heavy (non-hydrogen) atoms. The quantitative estimate of drug-likeness (QED) is 0.272. The minimum atomic E-state index is -0.494. The van der Waals surface area contributed by atoms with Crippen LogP contribution in [0, 0.1) is 0 Å². The van der Waals surface area contributed by atoms with E-state index in [0.717, 1.165) is 11.1 Å². The molecule has 202 valence electrons. The van der Waals surface area contributed by atoms with Gasteiger partial charge >= 0.3 is 11.9 Å². The fourth-order valence-corrected chi connectivity index (χ4v) is 3.45. The van der Waals surface area contributed by atoms with E-state index in [0.29, 0.717) is 41.5 Å². The fourth-order valence-electron chi connectivity index (χ4n) is 3.45. The zero-order chi connectivity index (χ0) is 28.0. The molecule has 4 aromatic rings. The molecule has 0 bridgehead atoms. The third-order valence-electron chi connectivity index (χ3n) is 5.47. The van der Waals surface area contributed by atoms with Crippen LogP contribution >= 0.6 is 0 Å². The number of benzene rings is 2. The van der Waals surface area contributed by atoms with E-state index >= 15 is 0 Å². The van der Waals surface area contributed by atoms with Crippen molar-refractivity contribution in [3.63, 3.8) is 0 Å². The van der Waals surface area contributed by atoms with E-state index in [1.165, 1.54) is 39.8 Å². The number of H-pyrrole nitrogens is 1. The van der Waals surface area contributed by atoms with Crippen LogP contribution in [-0.4, -0.2) is 43.2 Å². The number of pyridine rings is 2. The molecule has 0 atom stereocenters. The number of nitrogens with zero attached hydrogens (tertiary/aromatic N) is 1. The van der Waals surface area contributed by atoms with Gasteiger partial charge in [0.2, 0.25) is 11.4 Å². The van der Waals surface area contributed by atoms with Crippen molar-refractivity contribution in [1.29, 1.82) is 0 Å². The second-order valence-corrected chi connectivity index (χ2v) is 8.06. The molecule has 0 fully saturated rings. The van der Waals surface area contributed by atoms with E-state index in [4.69, 9.17) is 9.47 Å². The van der Waals surface area contributed by atoms with Crippen LogP contribution in [0.1, 0.15) is 31.8 Å². The van der Waals surface area contributed by atoms with Crippen molar-refractivity contribution in [3.8, 4) is 5.88 Å². The van der Waals surface area contributed by atoms with Crippen molar-refractivity contribution in [2.75, 3.05) is 32.0 Å². The lowest BCUT2D eigenvalue weighted by atomic mass is 10.2. The number of nitrogens with one attached hydrogen (secondary N) is 3. The van der Waals surface area contributed by atoms with Crippen LogP contribution < -0.4 is 20.9 Å². The molecule has 2 heterocycles. The number of aromatic nitrogens is 2. The van der Waals surface area contributed by atoms with Gasteiger partial charge in [-0.1, -0.05) is 60.7 Å². The first-order chi connectivity index (χ1) is 18.9. The Labute approximate surface area is 226 Å². The number of carbonyl (C=O) groups excluding carboxylic acids is 2. The fraction of sp³-hybridized carbons (Fsp3) is 0.172. The number of rotatable bonds is 9. The molecule has 2 aromatic carbocycles. The SMILES string of the molecule is COC(=O)c1c[nH]c(=O)cc1NCc1ccccc1.COC(=O)c1cnc(OC)cc1NCc1ccccc1. The number of methoxy groups -OCH3 is 3. The summed E-state index contributed by atoms with van der Waals surface area (Å²) in [5.74, 6) is -0.490. The van der Waals surface area contributed by atoms with E-state index in [1.54, 1.807) is 6.07 Å². The lowest BCUT2D eigenvalue weighted by molar-refractivity contribution is 0.0592. The maximum Gasteiger partial charge on any atom is 0.341 e. The minimum Gasteiger partial charge on any atom is -0.481 e. The maximum atomic E-state index is 11.7. The van der Waals surface area contributed by atoms with E-state index in [-0.39, 0.29) is 5.56 Å². The van der Waals surface area contributed by atoms with Gasteiger partial charge in [-0.05, 0) is 11.1 Å². The monoisotopic (exact) mass is 530 g/mol. The number of aromatic amines is 1. The van der Waals surface area contributed by atoms with Crippen molar-refractivity contribution in [1.82, 2.24) is 9.97 Å². The van der Waals surface area contributed by atoms with Crippen LogP contribution in [0.2, 0.25) is 0 Å². The number of hydrogen-bond donors (Lipinski definition) is 3. The summed E-state index contributed by atoms with van der Waals surface area (Å²) in [5, 5.41) is 6.26. The molecule has 3 N–H and O–H groups in total. The molecule has 2 aromatic heterocycles. The Morgan fingerprint density at radius 1 is 0.769 bits per heavy atom. The smallest absolute Gasteiger partial charge is 0.341 e. The van der Waals surface area contributed by atoms with Crippen LogP contribution in [0.5, 0.6) is 5.88 Å². The Morgan fingerprint density at radius 2 is 1.28 bits per heavy atom. The van der Waals surface area contributed by atoms with Crippen molar-refractivity contribution < 1.29 is 23.8 Å². The average Bonchev–Trinajstić information content (AvgIpc) is 2.99. The topological polar surface area (TPSA) is 132 Å². The van der Waals surface area contributed by atoms with Crippen molar-refractivity contribution in [2.45, 2.75) is 13.1 Å². The minimum absolute atomic E-state index is 0.275. The first-order valence-corrected chi connectivity index (χ1v) is 11.9. The molecule has 4 rings (SSSR count). The first kappa shape index (κ1) is 28.5. The molecule has 10 heteroatoms. The largest absolute Gasteiger partial charge is 0.481 e. The summed E-state index contributed by atoms with van der Waals surface area (Å²) >= 11 is 0. The van der Waals surface area contributed by atoms with E-state index in [1.807, 2.05) is 60.7 Å². The second kappa shape index (κ2) is 14.6. The molecule has 0 aliphatic carbocycles. The van der Waals surface area contributed by atoms with Gasteiger partial charge in [-0.2, -0.15) is 0 Å². The molecule has 10 nitrogen and oxygen atoms in total. The van der Waals surface area contributed by atoms with Crippen molar-refractivity contribution in [2.24, 2.45) is 0 Å². The highest BCUT2D eigenvalue weighted by molar-refractivity contribution is 5.95. The van der Waals surface area contributed by atoms with E-state index in [9.17, 15) is 14.4 Å². The predicted molar refractivity (Wildman–Crippen MR) is 148 cm³/mol. The second-order valence-electron chi connectivity index (χ2n) is 8.06. The Morgan fingerprint density at radius 3 is 1.79 bits per heavy atom. The number of esters is 2. The van der Waals surface area contributed by atoms with Gasteiger partial charge in [0.1, 0.15) is 5.56 Å². The van der Waals surface area contributed by atoms with Crippen LogP contribution in [0.15, 0.2) is 90.0 Å². The molecule has 0 unspecified atom stereocenters. The Kier molecular flexibility index (Phi) is 10.6. The summed E-state index contributed by atoms with van der Waals surface area (Å²) in [7, 11) is 4.17. The first-order valence-electron chi connectivity index (χ1n) is 11.9. The zero-order valence-electron chi connectivity index (χ0n) is 21.9. The van der Waals surface area contributed by atoms with Gasteiger partial charge in [0.05, 0.1) is 38.3 Å². The van der Waals surface area contributed by atoms with Crippen LogP contribution in [0.4, 0.5) is 11.4 Å². The highest BCUT2D eigenvalue weighted by Gasteiger charge is 2.14. The summed E-state index contributed by atoms with van der Waals surface area (Å²) in [5.41, 5.74) is 3.66. The van der Waals surface area contributed by atoms with E-state index < -0.39 is 11.9 Å². The molecular formula is C29H30N4O6. The average molecular weight is 531 g/mol. The molecule has 0 aliphatic heterocycles. The van der Waals surface area contributed by atoms with Crippen molar-refractivity contribution >= 4 is 23.3 Å². The number of anilines is 2. The summed E-state index contributed by atoms with van der Waals surface area (Å²) in [6.45, 7) is 1.12. The number of hydrogen-bond acceptors (Lipinski definition) is 9. The molecule has 0 radical (unpaired) electrons. The number of ether oxygens (including phenoxy) is 3. The predicted octanol–water partition coefficient (Wildman–Crippen LogP) is 4.26. The summed E-state index contributed by atoms with van der Waals surface area (Å²) in [6, 6.07) is 22.6. The molecule has 0 saturated heterocycles. The molecule has 0 saturated carbocycles. The Balaban J connectivity index is 0.000000216.